The van der Waals surface area contributed by atoms with Crippen molar-refractivity contribution in [2.24, 2.45) is 0 Å². The smallest absolute Gasteiger partial charge is 0.410 e. The number of carbonyl (C=O) groups is 1. The average Bonchev–Trinajstić information content (AvgIpc) is 2.34. The minimum atomic E-state index is -0.490. The summed E-state index contributed by atoms with van der Waals surface area (Å²) < 4.78 is 5.43. The van der Waals surface area contributed by atoms with Crippen molar-refractivity contribution in [1.82, 2.24) is 4.90 Å². The molecule has 0 fully saturated rings. The van der Waals surface area contributed by atoms with Gasteiger partial charge in [0.15, 0.2) is 0 Å². The number of aromatic hydroxyl groups is 1. The summed E-state index contributed by atoms with van der Waals surface area (Å²) in [6.45, 7) is 8.85. The maximum Gasteiger partial charge on any atom is 0.410 e. The van der Waals surface area contributed by atoms with Crippen molar-refractivity contribution in [1.29, 1.82) is 0 Å². The molecular formula is C16H25NO3. The van der Waals surface area contributed by atoms with Gasteiger partial charge >= 0.3 is 6.09 Å². The molecule has 1 N–H and O–H groups in total. The minimum absolute atomic E-state index is 0.228. The molecular weight excluding hydrogens is 254 g/mol. The second-order valence-corrected chi connectivity index (χ2v) is 5.92. The molecule has 0 bridgehead atoms. The summed E-state index contributed by atoms with van der Waals surface area (Å²) in [5.41, 5.74) is 0.487. The molecule has 1 rings (SSSR count). The number of carbonyl (C=O) groups excluding carboxylic acids is 1. The maximum atomic E-state index is 12.2. The molecule has 4 heteroatoms. The van der Waals surface area contributed by atoms with Gasteiger partial charge in [-0.2, -0.15) is 0 Å². The van der Waals surface area contributed by atoms with E-state index in [0.29, 0.717) is 13.1 Å². The molecule has 0 aliphatic heterocycles. The number of hydrogen-bond donors (Lipinski definition) is 1. The summed E-state index contributed by atoms with van der Waals surface area (Å²) in [6, 6.07) is 6.89. The lowest BCUT2D eigenvalue weighted by atomic mass is 10.2. The maximum absolute atomic E-state index is 12.2. The summed E-state index contributed by atoms with van der Waals surface area (Å²) in [5, 5.41) is 9.29. The second kappa shape index (κ2) is 7.17. The average molecular weight is 279 g/mol. The van der Waals surface area contributed by atoms with Gasteiger partial charge in [-0.15, -0.1) is 0 Å². The molecule has 1 amide bonds. The van der Waals surface area contributed by atoms with E-state index in [-0.39, 0.29) is 11.8 Å². The van der Waals surface area contributed by atoms with E-state index in [0.717, 1.165) is 18.4 Å². The highest BCUT2D eigenvalue weighted by Crippen LogP contribution is 2.15. The Labute approximate surface area is 121 Å². The van der Waals surface area contributed by atoms with Crippen molar-refractivity contribution in [3.05, 3.63) is 29.8 Å². The van der Waals surface area contributed by atoms with Gasteiger partial charge in [0, 0.05) is 13.1 Å². The van der Waals surface area contributed by atoms with Gasteiger partial charge in [0.05, 0.1) is 0 Å². The molecule has 4 nitrogen and oxygen atoms in total. The number of benzene rings is 1. The van der Waals surface area contributed by atoms with Crippen LogP contribution in [0.2, 0.25) is 0 Å². The van der Waals surface area contributed by atoms with Crippen LogP contribution in [-0.4, -0.2) is 28.2 Å². The van der Waals surface area contributed by atoms with Gasteiger partial charge in [-0.1, -0.05) is 25.5 Å². The van der Waals surface area contributed by atoms with Crippen LogP contribution in [0.25, 0.3) is 0 Å². The zero-order valence-electron chi connectivity index (χ0n) is 12.8. The van der Waals surface area contributed by atoms with Gasteiger partial charge in [0.25, 0.3) is 0 Å². The Morgan fingerprint density at radius 3 is 2.35 bits per heavy atom. The van der Waals surface area contributed by atoms with E-state index in [1.165, 1.54) is 0 Å². The van der Waals surface area contributed by atoms with Crippen molar-refractivity contribution in [2.75, 3.05) is 6.54 Å². The first-order chi connectivity index (χ1) is 9.31. The first-order valence-corrected chi connectivity index (χ1v) is 7.07. The topological polar surface area (TPSA) is 49.8 Å². The number of hydrogen-bond acceptors (Lipinski definition) is 3. The summed E-state index contributed by atoms with van der Waals surface area (Å²) >= 11 is 0. The molecule has 0 spiro atoms. The van der Waals surface area contributed by atoms with Crippen molar-refractivity contribution in [2.45, 2.75) is 52.7 Å². The number of phenolic OH excluding ortho intramolecular Hbond substituents is 1. The summed E-state index contributed by atoms with van der Waals surface area (Å²) in [5.74, 6) is 0.228. The van der Waals surface area contributed by atoms with Crippen molar-refractivity contribution in [3.63, 3.8) is 0 Å². The van der Waals surface area contributed by atoms with Crippen LogP contribution in [0, 0.1) is 0 Å². The third-order valence-corrected chi connectivity index (χ3v) is 2.74. The highest BCUT2D eigenvalue weighted by Gasteiger charge is 2.21. The quantitative estimate of drug-likeness (QED) is 0.888. The van der Waals surface area contributed by atoms with E-state index in [2.05, 4.69) is 6.92 Å². The number of unbranched alkanes of at least 4 members (excludes halogenated alkanes) is 1. The predicted octanol–water partition coefficient (Wildman–Crippen LogP) is 3.93. The molecule has 0 heterocycles. The normalized spacial score (nSPS) is 11.2. The lowest BCUT2D eigenvalue weighted by Gasteiger charge is -2.27. The number of phenols is 1. The van der Waals surface area contributed by atoms with E-state index in [9.17, 15) is 9.90 Å². The Morgan fingerprint density at radius 1 is 1.25 bits per heavy atom. The molecule has 112 valence electrons. The Hall–Kier alpha value is -1.71. The Balaban J connectivity index is 2.73. The van der Waals surface area contributed by atoms with Crippen LogP contribution < -0.4 is 0 Å². The fourth-order valence-electron chi connectivity index (χ4n) is 1.73. The Kier molecular flexibility index (Phi) is 5.86. The minimum Gasteiger partial charge on any atom is -0.508 e. The van der Waals surface area contributed by atoms with Crippen LogP contribution in [0.15, 0.2) is 24.3 Å². The number of rotatable bonds is 5. The van der Waals surface area contributed by atoms with E-state index < -0.39 is 5.60 Å². The zero-order chi connectivity index (χ0) is 15.2. The lowest BCUT2D eigenvalue weighted by Crippen LogP contribution is -2.37. The molecule has 0 radical (unpaired) electrons. The summed E-state index contributed by atoms with van der Waals surface area (Å²) in [6.07, 6.45) is 1.67. The molecule has 1 aromatic carbocycles. The monoisotopic (exact) mass is 279 g/mol. The Bertz CT molecular complexity index is 420. The van der Waals surface area contributed by atoms with Gasteiger partial charge in [-0.05, 0) is 44.9 Å². The number of amides is 1. The zero-order valence-corrected chi connectivity index (χ0v) is 12.8. The van der Waals surface area contributed by atoms with Crippen LogP contribution in [0.4, 0.5) is 4.79 Å². The van der Waals surface area contributed by atoms with E-state index >= 15 is 0 Å². The molecule has 0 aliphatic carbocycles. The molecule has 0 saturated heterocycles. The van der Waals surface area contributed by atoms with Crippen LogP contribution in [-0.2, 0) is 11.3 Å². The molecule has 20 heavy (non-hydrogen) atoms. The first kappa shape index (κ1) is 16.3. The second-order valence-electron chi connectivity index (χ2n) is 5.92. The van der Waals surface area contributed by atoms with Gasteiger partial charge in [0.2, 0.25) is 0 Å². The fraction of sp³-hybridized carbons (Fsp3) is 0.562. The predicted molar refractivity (Wildman–Crippen MR) is 79.7 cm³/mol. The van der Waals surface area contributed by atoms with E-state index in [1.54, 1.807) is 17.0 Å². The van der Waals surface area contributed by atoms with Gasteiger partial charge in [-0.25, -0.2) is 4.79 Å². The van der Waals surface area contributed by atoms with Crippen LogP contribution in [0.1, 0.15) is 46.1 Å². The Morgan fingerprint density at radius 2 is 1.85 bits per heavy atom. The highest BCUT2D eigenvalue weighted by molar-refractivity contribution is 5.68. The fourth-order valence-corrected chi connectivity index (χ4v) is 1.73. The molecule has 0 unspecified atom stereocenters. The van der Waals surface area contributed by atoms with Gasteiger partial charge < -0.3 is 14.7 Å². The van der Waals surface area contributed by atoms with Crippen LogP contribution in [0.3, 0.4) is 0 Å². The molecule has 0 saturated carbocycles. The van der Waals surface area contributed by atoms with Crippen molar-refractivity contribution < 1.29 is 14.6 Å². The number of nitrogens with zero attached hydrogens (tertiary/aromatic N) is 1. The van der Waals surface area contributed by atoms with Gasteiger partial charge in [0.1, 0.15) is 11.4 Å². The molecule has 0 atom stereocenters. The van der Waals surface area contributed by atoms with Crippen LogP contribution >= 0.6 is 0 Å². The summed E-state index contributed by atoms with van der Waals surface area (Å²) in [7, 11) is 0. The lowest BCUT2D eigenvalue weighted by molar-refractivity contribution is 0.0231. The summed E-state index contributed by atoms with van der Waals surface area (Å²) in [4.78, 5) is 13.9. The molecule has 1 aromatic rings. The third kappa shape index (κ3) is 5.95. The van der Waals surface area contributed by atoms with Crippen molar-refractivity contribution in [3.8, 4) is 5.75 Å². The molecule has 0 aromatic heterocycles. The van der Waals surface area contributed by atoms with E-state index in [1.807, 2.05) is 32.9 Å². The molecule has 0 aliphatic rings. The van der Waals surface area contributed by atoms with Crippen LogP contribution in [0.5, 0.6) is 5.75 Å². The van der Waals surface area contributed by atoms with Gasteiger partial charge in [-0.3, -0.25) is 0 Å². The highest BCUT2D eigenvalue weighted by atomic mass is 16.6. The standard InChI is InChI=1S/C16H25NO3/c1-5-6-11-17(15(19)20-16(2,3)4)12-13-7-9-14(18)10-8-13/h7-10,18H,5-6,11-12H2,1-4H3. The SMILES string of the molecule is CCCCN(Cc1ccc(O)cc1)C(=O)OC(C)(C)C. The first-order valence-electron chi connectivity index (χ1n) is 7.07. The van der Waals surface area contributed by atoms with Crippen molar-refractivity contribution >= 4 is 6.09 Å². The third-order valence-electron chi connectivity index (χ3n) is 2.74. The van der Waals surface area contributed by atoms with E-state index in [4.69, 9.17) is 4.74 Å². The number of ether oxygens (including phenoxy) is 1. The largest absolute Gasteiger partial charge is 0.508 e.